The number of carbonyl (C=O) groups is 1. The van der Waals surface area contributed by atoms with Crippen LogP contribution in [0.2, 0.25) is 0 Å². The van der Waals surface area contributed by atoms with Gasteiger partial charge in [0.25, 0.3) is 5.91 Å². The Morgan fingerprint density at radius 1 is 1.45 bits per heavy atom. The summed E-state index contributed by atoms with van der Waals surface area (Å²) in [6.07, 6.45) is 1.47. The summed E-state index contributed by atoms with van der Waals surface area (Å²) in [5.41, 5.74) is 8.40. The summed E-state index contributed by atoms with van der Waals surface area (Å²) in [6.45, 7) is 2.33. The Morgan fingerprint density at radius 2 is 2.30 bits per heavy atom. The number of anilines is 1. The maximum Gasteiger partial charge on any atom is 0.263 e. The summed E-state index contributed by atoms with van der Waals surface area (Å²) in [4.78, 5) is 12.7. The van der Waals surface area contributed by atoms with Gasteiger partial charge >= 0.3 is 0 Å². The van der Waals surface area contributed by atoms with Gasteiger partial charge in [-0.2, -0.15) is 0 Å². The molecule has 0 unspecified atom stereocenters. The number of nitrogens with one attached hydrogen (secondary N) is 1. The van der Waals surface area contributed by atoms with Crippen LogP contribution in [0.1, 0.15) is 20.9 Å². The van der Waals surface area contributed by atoms with Crippen LogP contribution in [0, 0.1) is 6.92 Å². The average Bonchev–Trinajstić information content (AvgIpc) is 3.06. The minimum atomic E-state index is -0.189. The highest BCUT2D eigenvalue weighted by atomic mass is 32.1. The lowest BCUT2D eigenvalue weighted by atomic mass is 10.1. The van der Waals surface area contributed by atoms with E-state index in [1.165, 1.54) is 17.6 Å². The molecule has 102 valence electrons. The maximum absolute atomic E-state index is 12.2. The summed E-state index contributed by atoms with van der Waals surface area (Å²) >= 11 is 1.41. The first-order valence-corrected chi connectivity index (χ1v) is 6.93. The number of benzene rings is 1. The van der Waals surface area contributed by atoms with Gasteiger partial charge in [0.15, 0.2) is 0 Å². The Balaban J connectivity index is 1.88. The van der Waals surface area contributed by atoms with Crippen molar-refractivity contribution in [3.8, 4) is 0 Å². The summed E-state index contributed by atoms with van der Waals surface area (Å²) in [7, 11) is 0. The first-order valence-electron chi connectivity index (χ1n) is 6.12. The highest BCUT2D eigenvalue weighted by Crippen LogP contribution is 2.35. The summed E-state index contributed by atoms with van der Waals surface area (Å²) in [6, 6.07) is 7.59. The number of fused-ring (bicyclic) bond motifs is 1. The zero-order chi connectivity index (χ0) is 14.1. The van der Waals surface area contributed by atoms with Gasteiger partial charge in [-0.25, -0.2) is 0 Å². The Labute approximate surface area is 119 Å². The Morgan fingerprint density at radius 3 is 3.00 bits per heavy atom. The molecular weight excluding hydrogens is 274 g/mol. The van der Waals surface area contributed by atoms with Gasteiger partial charge in [0.05, 0.1) is 12.2 Å². The SMILES string of the molecule is Cc1cccc2c(N)c(C(=O)NCc3ccon3)sc12. The third-order valence-electron chi connectivity index (χ3n) is 3.08. The van der Waals surface area contributed by atoms with E-state index in [2.05, 4.69) is 10.5 Å². The number of hydrogen-bond donors (Lipinski definition) is 2. The van der Waals surface area contributed by atoms with Gasteiger partial charge in [-0.05, 0) is 12.5 Å². The van der Waals surface area contributed by atoms with Gasteiger partial charge in [0.2, 0.25) is 0 Å². The lowest BCUT2D eigenvalue weighted by Crippen LogP contribution is -2.22. The van der Waals surface area contributed by atoms with Gasteiger partial charge in [-0.3, -0.25) is 4.79 Å². The Kier molecular flexibility index (Phi) is 3.15. The zero-order valence-electron chi connectivity index (χ0n) is 10.8. The zero-order valence-corrected chi connectivity index (χ0v) is 11.7. The number of hydrogen-bond acceptors (Lipinski definition) is 5. The van der Waals surface area contributed by atoms with Gasteiger partial charge in [0, 0.05) is 16.2 Å². The van der Waals surface area contributed by atoms with Crippen molar-refractivity contribution in [1.82, 2.24) is 10.5 Å². The average molecular weight is 287 g/mol. The number of aryl methyl sites for hydroxylation is 1. The third kappa shape index (κ3) is 2.14. The molecule has 0 radical (unpaired) electrons. The fourth-order valence-electron chi connectivity index (χ4n) is 2.03. The van der Waals surface area contributed by atoms with Crippen LogP contribution in [0.3, 0.4) is 0 Å². The van der Waals surface area contributed by atoms with Crippen molar-refractivity contribution < 1.29 is 9.32 Å². The molecule has 0 atom stereocenters. The highest BCUT2D eigenvalue weighted by molar-refractivity contribution is 7.21. The predicted molar refractivity (Wildman–Crippen MR) is 78.6 cm³/mol. The third-order valence-corrected chi connectivity index (χ3v) is 4.43. The van der Waals surface area contributed by atoms with Crippen LogP contribution in [-0.2, 0) is 6.54 Å². The highest BCUT2D eigenvalue weighted by Gasteiger charge is 2.17. The van der Waals surface area contributed by atoms with Crippen LogP contribution in [0.15, 0.2) is 35.1 Å². The van der Waals surface area contributed by atoms with Crippen molar-refractivity contribution in [3.63, 3.8) is 0 Å². The number of nitrogen functional groups attached to an aromatic ring is 1. The van der Waals surface area contributed by atoms with Crippen molar-refractivity contribution in [2.75, 3.05) is 5.73 Å². The quantitative estimate of drug-likeness (QED) is 0.776. The number of amides is 1. The van der Waals surface area contributed by atoms with E-state index in [1.807, 2.05) is 25.1 Å². The van der Waals surface area contributed by atoms with Crippen molar-refractivity contribution in [3.05, 3.63) is 46.7 Å². The van der Waals surface area contributed by atoms with Crippen LogP contribution < -0.4 is 11.1 Å². The number of nitrogens with two attached hydrogens (primary N) is 1. The van der Waals surface area contributed by atoms with Crippen molar-refractivity contribution in [2.24, 2.45) is 0 Å². The van der Waals surface area contributed by atoms with E-state index >= 15 is 0 Å². The van der Waals surface area contributed by atoms with E-state index in [0.29, 0.717) is 22.8 Å². The molecule has 5 nitrogen and oxygen atoms in total. The molecule has 0 spiro atoms. The fraction of sp³-hybridized carbons (Fsp3) is 0.143. The molecule has 1 amide bonds. The molecule has 3 rings (SSSR count). The lowest BCUT2D eigenvalue weighted by molar-refractivity contribution is 0.0955. The minimum Gasteiger partial charge on any atom is -0.397 e. The van der Waals surface area contributed by atoms with Crippen LogP contribution in [0.4, 0.5) is 5.69 Å². The number of nitrogens with zero attached hydrogens (tertiary/aromatic N) is 1. The van der Waals surface area contributed by atoms with Crippen LogP contribution in [0.5, 0.6) is 0 Å². The van der Waals surface area contributed by atoms with Gasteiger partial charge in [0.1, 0.15) is 16.8 Å². The van der Waals surface area contributed by atoms with Crippen LogP contribution >= 0.6 is 11.3 Å². The molecule has 3 aromatic rings. The maximum atomic E-state index is 12.2. The fourth-order valence-corrected chi connectivity index (χ4v) is 3.13. The monoisotopic (exact) mass is 287 g/mol. The Bertz CT molecular complexity index is 762. The summed E-state index contributed by atoms with van der Waals surface area (Å²) < 4.78 is 5.77. The van der Waals surface area contributed by atoms with E-state index in [9.17, 15) is 4.79 Å². The van der Waals surface area contributed by atoms with Crippen molar-refractivity contribution in [2.45, 2.75) is 13.5 Å². The van der Waals surface area contributed by atoms with Crippen molar-refractivity contribution >= 4 is 33.0 Å². The molecule has 0 aliphatic carbocycles. The van der Waals surface area contributed by atoms with Gasteiger partial charge in [-0.15, -0.1) is 11.3 Å². The number of rotatable bonds is 3. The van der Waals surface area contributed by atoms with E-state index in [-0.39, 0.29) is 5.91 Å². The normalized spacial score (nSPS) is 10.8. The molecule has 0 bridgehead atoms. The van der Waals surface area contributed by atoms with E-state index < -0.39 is 0 Å². The largest absolute Gasteiger partial charge is 0.397 e. The standard InChI is InChI=1S/C14H13N3O2S/c1-8-3-2-4-10-11(15)13(20-12(8)10)14(18)16-7-9-5-6-19-17-9/h2-6H,7,15H2,1H3,(H,16,18). The second-order valence-electron chi connectivity index (χ2n) is 4.47. The number of thiophene rings is 1. The van der Waals surface area contributed by atoms with Gasteiger partial charge < -0.3 is 15.6 Å². The van der Waals surface area contributed by atoms with Gasteiger partial charge in [-0.1, -0.05) is 23.4 Å². The summed E-state index contributed by atoms with van der Waals surface area (Å²) in [5.74, 6) is -0.189. The molecule has 2 heterocycles. The molecule has 0 aliphatic rings. The molecule has 6 heteroatoms. The predicted octanol–water partition coefficient (Wildman–Crippen LogP) is 2.71. The van der Waals surface area contributed by atoms with E-state index in [4.69, 9.17) is 10.3 Å². The lowest BCUT2D eigenvalue weighted by Gasteiger charge is -2.01. The number of aromatic nitrogens is 1. The Hall–Kier alpha value is -2.34. The minimum absolute atomic E-state index is 0.189. The molecule has 2 aromatic heterocycles. The van der Waals surface area contributed by atoms with Crippen LogP contribution in [-0.4, -0.2) is 11.1 Å². The summed E-state index contributed by atoms with van der Waals surface area (Å²) in [5, 5.41) is 7.47. The second kappa shape index (κ2) is 4.97. The number of carbonyl (C=O) groups excluding carboxylic acids is 1. The van der Waals surface area contributed by atoms with Crippen molar-refractivity contribution in [1.29, 1.82) is 0 Å². The first-order chi connectivity index (χ1) is 9.66. The molecule has 0 fully saturated rings. The molecule has 3 N–H and O–H groups in total. The smallest absolute Gasteiger partial charge is 0.263 e. The van der Waals surface area contributed by atoms with Crippen LogP contribution in [0.25, 0.3) is 10.1 Å². The molecule has 0 saturated heterocycles. The topological polar surface area (TPSA) is 81.2 Å². The first kappa shape index (κ1) is 12.7. The molecular formula is C14H13N3O2S. The molecule has 0 saturated carbocycles. The second-order valence-corrected chi connectivity index (χ2v) is 5.49. The van der Waals surface area contributed by atoms with E-state index in [1.54, 1.807) is 6.07 Å². The molecule has 0 aliphatic heterocycles. The molecule has 20 heavy (non-hydrogen) atoms. The van der Waals surface area contributed by atoms with E-state index in [0.717, 1.165) is 15.6 Å². The molecule has 1 aromatic carbocycles.